The Balaban J connectivity index is 2.05. The lowest BCUT2D eigenvalue weighted by Crippen LogP contribution is -2.52. The van der Waals surface area contributed by atoms with Gasteiger partial charge in [0.1, 0.15) is 18.3 Å². The number of nitrogens with one attached hydrogen (secondary N) is 2. The van der Waals surface area contributed by atoms with Crippen molar-refractivity contribution in [1.82, 2.24) is 15.5 Å². The monoisotopic (exact) mass is 577 g/mol. The van der Waals surface area contributed by atoms with E-state index in [1.807, 2.05) is 51.1 Å². The van der Waals surface area contributed by atoms with E-state index >= 15 is 0 Å². The molecule has 3 amide bonds. The number of methoxy groups -OCH3 is 3. The third-order valence-electron chi connectivity index (χ3n) is 8.40. The lowest BCUT2D eigenvalue weighted by atomic mass is 9.89. The third-order valence-corrected chi connectivity index (χ3v) is 8.40. The summed E-state index contributed by atoms with van der Waals surface area (Å²) in [5, 5.41) is 5.82. The first-order valence-corrected chi connectivity index (χ1v) is 14.6. The molecule has 1 saturated heterocycles. The largest absolute Gasteiger partial charge is 0.379 e. The molecule has 1 aliphatic heterocycles. The quantitative estimate of drug-likeness (QED) is 0.311. The molecule has 0 aromatic heterocycles. The van der Waals surface area contributed by atoms with Gasteiger partial charge in [0.25, 0.3) is 5.91 Å². The molecule has 1 aromatic carbocycles. The molecule has 0 spiro atoms. The van der Waals surface area contributed by atoms with Gasteiger partial charge in [-0.25, -0.2) is 0 Å². The van der Waals surface area contributed by atoms with E-state index in [0.29, 0.717) is 6.54 Å². The Labute approximate surface area is 245 Å². The number of carbonyl (C=O) groups excluding carboxylic acids is 3. The molecule has 1 aromatic rings. The second kappa shape index (κ2) is 16.8. The standard InChI is InChI=1S/C31H51N3O7/c1-10-20(4)26(34(6)31(37)21(5)19(2)3)23(38-7)16-25(35)32-18-24-27(39-8)28(40-9)29(41-24)30(36)33-17-22-14-12-11-13-15-22/h11-15,19-21,23-24,26-29H,10,16-18H2,1-9H3,(H,32,35)(H,33,36)/t20-,21-,23+,24+,26?,27+,28-,29?/m0/s1. The average molecular weight is 578 g/mol. The van der Waals surface area contributed by atoms with Crippen LogP contribution in [0.25, 0.3) is 0 Å². The highest BCUT2D eigenvalue weighted by Crippen LogP contribution is 2.27. The molecule has 10 nitrogen and oxygen atoms in total. The number of nitrogens with zero attached hydrogens (tertiary/aromatic N) is 1. The van der Waals surface area contributed by atoms with Crippen LogP contribution >= 0.6 is 0 Å². The van der Waals surface area contributed by atoms with E-state index in [2.05, 4.69) is 24.5 Å². The number of hydrogen-bond acceptors (Lipinski definition) is 7. The van der Waals surface area contributed by atoms with Crippen LogP contribution in [0.5, 0.6) is 0 Å². The Morgan fingerprint density at radius 2 is 1.61 bits per heavy atom. The first kappa shape index (κ1) is 34.7. The van der Waals surface area contributed by atoms with Gasteiger partial charge in [-0.05, 0) is 17.4 Å². The molecule has 1 fully saturated rings. The first-order valence-electron chi connectivity index (χ1n) is 14.6. The zero-order chi connectivity index (χ0) is 30.7. The Bertz CT molecular complexity index is 960. The Kier molecular flexibility index (Phi) is 14.2. The van der Waals surface area contributed by atoms with Crippen molar-refractivity contribution in [3.8, 4) is 0 Å². The lowest BCUT2D eigenvalue weighted by Gasteiger charge is -2.39. The summed E-state index contributed by atoms with van der Waals surface area (Å²) >= 11 is 0. The molecular formula is C31H51N3O7. The number of amides is 3. The van der Waals surface area contributed by atoms with Crippen molar-refractivity contribution < 1.29 is 33.3 Å². The number of likely N-dealkylation sites (N-methyl/N-ethyl adjacent to an activating group) is 1. The van der Waals surface area contributed by atoms with Crippen LogP contribution in [0.2, 0.25) is 0 Å². The average Bonchev–Trinajstić information content (AvgIpc) is 3.35. The fraction of sp³-hybridized carbons (Fsp3) is 0.710. The van der Waals surface area contributed by atoms with Gasteiger partial charge < -0.3 is 34.5 Å². The highest BCUT2D eigenvalue weighted by Gasteiger charge is 2.48. The second-order valence-electron chi connectivity index (χ2n) is 11.3. The summed E-state index contributed by atoms with van der Waals surface area (Å²) in [7, 11) is 6.40. The van der Waals surface area contributed by atoms with E-state index in [4.69, 9.17) is 18.9 Å². The molecule has 10 heteroatoms. The van der Waals surface area contributed by atoms with Crippen LogP contribution in [0.3, 0.4) is 0 Å². The maximum Gasteiger partial charge on any atom is 0.252 e. The normalized spacial score (nSPS) is 23.5. The van der Waals surface area contributed by atoms with Crippen molar-refractivity contribution in [2.45, 2.75) is 90.6 Å². The lowest BCUT2D eigenvalue weighted by molar-refractivity contribution is -0.144. The molecule has 0 radical (unpaired) electrons. The number of rotatable bonds is 16. The second-order valence-corrected chi connectivity index (χ2v) is 11.3. The van der Waals surface area contributed by atoms with E-state index in [9.17, 15) is 14.4 Å². The Hall–Kier alpha value is -2.53. The topological polar surface area (TPSA) is 115 Å². The van der Waals surface area contributed by atoms with Crippen LogP contribution < -0.4 is 10.6 Å². The Morgan fingerprint density at radius 1 is 0.976 bits per heavy atom. The summed E-state index contributed by atoms with van der Waals surface area (Å²) in [6, 6.07) is 9.32. The highest BCUT2D eigenvalue weighted by atomic mass is 16.6. The summed E-state index contributed by atoms with van der Waals surface area (Å²) < 4.78 is 23.1. The van der Waals surface area contributed by atoms with Crippen molar-refractivity contribution in [2.75, 3.05) is 34.9 Å². The molecule has 0 aliphatic carbocycles. The molecule has 2 rings (SSSR count). The van der Waals surface area contributed by atoms with Crippen LogP contribution in [0.4, 0.5) is 0 Å². The van der Waals surface area contributed by atoms with Gasteiger partial charge >= 0.3 is 0 Å². The van der Waals surface area contributed by atoms with Gasteiger partial charge in [0.05, 0.1) is 18.6 Å². The van der Waals surface area contributed by atoms with Gasteiger partial charge in [-0.15, -0.1) is 0 Å². The van der Waals surface area contributed by atoms with Crippen molar-refractivity contribution in [3.05, 3.63) is 35.9 Å². The molecule has 8 atom stereocenters. The van der Waals surface area contributed by atoms with Gasteiger partial charge in [-0.2, -0.15) is 0 Å². The fourth-order valence-corrected chi connectivity index (χ4v) is 5.34. The smallest absolute Gasteiger partial charge is 0.252 e. The molecule has 1 heterocycles. The predicted octanol–water partition coefficient (Wildman–Crippen LogP) is 2.79. The number of benzene rings is 1. The van der Waals surface area contributed by atoms with Crippen molar-refractivity contribution in [2.24, 2.45) is 17.8 Å². The van der Waals surface area contributed by atoms with E-state index in [0.717, 1.165) is 12.0 Å². The summed E-state index contributed by atoms with van der Waals surface area (Å²) in [5.41, 5.74) is 0.967. The zero-order valence-electron chi connectivity index (χ0n) is 26.2. The molecule has 0 saturated carbocycles. The molecule has 232 valence electrons. The van der Waals surface area contributed by atoms with Gasteiger partial charge in [0.15, 0.2) is 6.10 Å². The summed E-state index contributed by atoms with van der Waals surface area (Å²) in [5.74, 6) is -0.336. The van der Waals surface area contributed by atoms with Gasteiger partial charge in [0, 0.05) is 47.4 Å². The molecule has 41 heavy (non-hydrogen) atoms. The van der Waals surface area contributed by atoms with E-state index in [1.54, 1.807) is 19.1 Å². The summed E-state index contributed by atoms with van der Waals surface area (Å²) in [6.45, 7) is 10.6. The molecule has 2 unspecified atom stereocenters. The van der Waals surface area contributed by atoms with E-state index in [-0.39, 0.29) is 54.5 Å². The van der Waals surface area contributed by atoms with Crippen molar-refractivity contribution in [1.29, 1.82) is 0 Å². The van der Waals surface area contributed by atoms with Crippen molar-refractivity contribution >= 4 is 17.7 Å². The predicted molar refractivity (Wildman–Crippen MR) is 157 cm³/mol. The minimum atomic E-state index is -0.889. The molecule has 1 aliphatic rings. The SMILES string of the molecule is CC[C@H](C)C([C@@H](CC(=O)NC[C@H]1OC(C(=O)NCc2ccccc2)[C@@H](OC)[C@@H]1OC)OC)N(C)C(=O)[C@@H](C)C(C)C. The number of hydrogen-bond donors (Lipinski definition) is 2. The third kappa shape index (κ3) is 9.23. The summed E-state index contributed by atoms with van der Waals surface area (Å²) in [6.07, 6.45) is -2.27. The van der Waals surface area contributed by atoms with Crippen LogP contribution in [0, 0.1) is 17.8 Å². The van der Waals surface area contributed by atoms with E-state index < -0.39 is 30.5 Å². The zero-order valence-corrected chi connectivity index (χ0v) is 26.2. The minimum absolute atomic E-state index is 0.0391. The van der Waals surface area contributed by atoms with E-state index in [1.165, 1.54) is 14.2 Å². The molecular weight excluding hydrogens is 526 g/mol. The summed E-state index contributed by atoms with van der Waals surface area (Å²) in [4.78, 5) is 41.1. The van der Waals surface area contributed by atoms with Crippen LogP contribution in [-0.2, 0) is 39.9 Å². The van der Waals surface area contributed by atoms with Crippen molar-refractivity contribution in [3.63, 3.8) is 0 Å². The van der Waals surface area contributed by atoms with Crippen LogP contribution in [0.15, 0.2) is 30.3 Å². The number of carbonyl (C=O) groups is 3. The van der Waals surface area contributed by atoms with Gasteiger partial charge in [0.2, 0.25) is 11.8 Å². The van der Waals surface area contributed by atoms with Gasteiger partial charge in [-0.1, -0.05) is 71.4 Å². The Morgan fingerprint density at radius 3 is 2.15 bits per heavy atom. The van der Waals surface area contributed by atoms with Gasteiger partial charge in [-0.3, -0.25) is 14.4 Å². The first-order chi connectivity index (χ1) is 19.5. The molecule has 2 N–H and O–H groups in total. The highest BCUT2D eigenvalue weighted by molar-refractivity contribution is 5.82. The maximum atomic E-state index is 13.2. The maximum absolute atomic E-state index is 13.2. The molecule has 0 bridgehead atoms. The van der Waals surface area contributed by atoms with Crippen LogP contribution in [-0.4, -0.2) is 94.1 Å². The van der Waals surface area contributed by atoms with Crippen LogP contribution in [0.1, 0.15) is 53.0 Å². The number of ether oxygens (including phenoxy) is 4. The fourth-order valence-electron chi connectivity index (χ4n) is 5.34. The minimum Gasteiger partial charge on any atom is -0.379 e.